The van der Waals surface area contributed by atoms with Gasteiger partial charge in [-0.05, 0) is 37.1 Å². The van der Waals surface area contributed by atoms with Crippen LogP contribution >= 0.6 is 0 Å². The average Bonchev–Trinajstić information content (AvgIpc) is 3.09. The van der Waals surface area contributed by atoms with Crippen molar-refractivity contribution in [3.63, 3.8) is 0 Å². The molecule has 0 aliphatic heterocycles. The van der Waals surface area contributed by atoms with Gasteiger partial charge in [0.1, 0.15) is 11.0 Å². The molecule has 34 heavy (non-hydrogen) atoms. The van der Waals surface area contributed by atoms with Gasteiger partial charge in [-0.15, -0.1) is 0 Å². The second-order valence-corrected chi connectivity index (χ2v) is 9.18. The second-order valence-electron chi connectivity index (χ2n) is 7.63. The molecule has 0 aliphatic carbocycles. The van der Waals surface area contributed by atoms with E-state index in [9.17, 15) is 13.7 Å². The van der Waals surface area contributed by atoms with E-state index in [0.717, 1.165) is 28.1 Å². The number of pyridine rings is 1. The third-order valence-corrected chi connectivity index (χ3v) is 6.79. The summed E-state index contributed by atoms with van der Waals surface area (Å²) in [5.41, 5.74) is 5.38. The molecular weight excluding hydrogens is 448 g/mol. The highest BCUT2D eigenvalue weighted by molar-refractivity contribution is 7.87. The Kier molecular flexibility index (Phi) is 6.18. The normalized spacial score (nSPS) is 10.9. The van der Waals surface area contributed by atoms with E-state index in [4.69, 9.17) is 10.8 Å². The number of nitriles is 1. The first-order valence-electron chi connectivity index (χ1n) is 10.4. The largest absolute Gasteiger partial charge is 0.358 e. The standard InChI is InChI=1S/C26H20N4O3S/c1-18-24(15-27)26(21-10-12-22(28-3)13-11-21)19(2)30(18)17-20-9-14-25(29-16-20)33-34(31,32)23-7-5-4-6-8-23/h4-14,16H,17H2,1-2H3. The Balaban J connectivity index is 1.60. The van der Waals surface area contributed by atoms with Crippen LogP contribution in [0.2, 0.25) is 0 Å². The first-order chi connectivity index (χ1) is 16.3. The van der Waals surface area contributed by atoms with Crippen LogP contribution < -0.4 is 4.18 Å². The molecule has 0 fully saturated rings. The van der Waals surface area contributed by atoms with E-state index in [1.165, 1.54) is 18.2 Å². The number of aromatic nitrogens is 2. The summed E-state index contributed by atoms with van der Waals surface area (Å²) in [5.74, 6) is -0.0214. The van der Waals surface area contributed by atoms with E-state index >= 15 is 0 Å². The topological polar surface area (TPSA) is 89.3 Å². The highest BCUT2D eigenvalue weighted by Gasteiger charge is 2.20. The van der Waals surface area contributed by atoms with Crippen molar-refractivity contribution in [3.8, 4) is 23.1 Å². The summed E-state index contributed by atoms with van der Waals surface area (Å²) in [5, 5.41) is 9.81. The molecule has 4 aromatic rings. The number of rotatable bonds is 6. The number of hydrogen-bond acceptors (Lipinski definition) is 5. The number of hydrogen-bond donors (Lipinski definition) is 0. The lowest BCUT2D eigenvalue weighted by molar-refractivity contribution is 0.475. The number of nitrogens with zero attached hydrogens (tertiary/aromatic N) is 4. The van der Waals surface area contributed by atoms with Crippen molar-refractivity contribution in [2.24, 2.45) is 0 Å². The maximum atomic E-state index is 12.4. The van der Waals surface area contributed by atoms with E-state index in [2.05, 4.69) is 15.9 Å². The fraction of sp³-hybridized carbons (Fsp3) is 0.115. The van der Waals surface area contributed by atoms with E-state index in [1.54, 1.807) is 42.6 Å². The molecule has 0 saturated heterocycles. The molecule has 2 aromatic heterocycles. The predicted molar refractivity (Wildman–Crippen MR) is 128 cm³/mol. The van der Waals surface area contributed by atoms with Gasteiger partial charge in [0, 0.05) is 35.8 Å². The molecular formula is C26H20N4O3S. The monoisotopic (exact) mass is 468 g/mol. The fourth-order valence-electron chi connectivity index (χ4n) is 3.80. The van der Waals surface area contributed by atoms with Crippen LogP contribution in [0.15, 0.2) is 77.8 Å². The third kappa shape index (κ3) is 4.40. The zero-order valence-corrected chi connectivity index (χ0v) is 19.4. The van der Waals surface area contributed by atoms with E-state index in [0.29, 0.717) is 17.8 Å². The first-order valence-corrected chi connectivity index (χ1v) is 11.8. The summed E-state index contributed by atoms with van der Waals surface area (Å²) < 4.78 is 32.0. The molecule has 0 aliphatic rings. The predicted octanol–water partition coefficient (Wildman–Crippen LogP) is 5.41. The summed E-state index contributed by atoms with van der Waals surface area (Å²) in [6.07, 6.45) is 1.56. The van der Waals surface area contributed by atoms with E-state index in [1.807, 2.05) is 30.5 Å². The minimum atomic E-state index is -3.96. The van der Waals surface area contributed by atoms with Crippen molar-refractivity contribution >= 4 is 15.8 Å². The lowest BCUT2D eigenvalue weighted by atomic mass is 10.0. The van der Waals surface area contributed by atoms with Gasteiger partial charge in [-0.25, -0.2) is 9.83 Å². The Bertz CT molecular complexity index is 1530. The van der Waals surface area contributed by atoms with Crippen LogP contribution in [-0.2, 0) is 16.7 Å². The molecule has 4 rings (SSSR count). The minimum absolute atomic E-state index is 0.0214. The van der Waals surface area contributed by atoms with Crippen LogP contribution in [0.3, 0.4) is 0 Å². The van der Waals surface area contributed by atoms with Crippen molar-refractivity contribution in [1.29, 1.82) is 5.26 Å². The maximum absolute atomic E-state index is 12.4. The maximum Gasteiger partial charge on any atom is 0.340 e. The summed E-state index contributed by atoms with van der Waals surface area (Å²) in [7, 11) is -3.96. The van der Waals surface area contributed by atoms with Gasteiger partial charge in [0.2, 0.25) is 5.88 Å². The van der Waals surface area contributed by atoms with Gasteiger partial charge in [-0.1, -0.05) is 48.5 Å². The van der Waals surface area contributed by atoms with Crippen molar-refractivity contribution in [2.75, 3.05) is 0 Å². The van der Waals surface area contributed by atoms with Gasteiger partial charge in [0.15, 0.2) is 5.69 Å². The zero-order chi connectivity index (χ0) is 24.3. The van der Waals surface area contributed by atoms with Crippen LogP contribution in [0.5, 0.6) is 5.88 Å². The molecule has 0 atom stereocenters. The van der Waals surface area contributed by atoms with Gasteiger partial charge < -0.3 is 8.75 Å². The van der Waals surface area contributed by atoms with Gasteiger partial charge in [-0.3, -0.25) is 0 Å². The quantitative estimate of drug-likeness (QED) is 0.279. The van der Waals surface area contributed by atoms with Gasteiger partial charge in [0.25, 0.3) is 0 Å². The molecule has 0 amide bonds. The van der Waals surface area contributed by atoms with Crippen LogP contribution in [0.25, 0.3) is 16.0 Å². The van der Waals surface area contributed by atoms with Crippen LogP contribution in [0.4, 0.5) is 5.69 Å². The minimum Gasteiger partial charge on any atom is -0.358 e. The van der Waals surface area contributed by atoms with Crippen LogP contribution in [-0.4, -0.2) is 18.0 Å². The lowest BCUT2D eigenvalue weighted by Gasteiger charge is -2.11. The van der Waals surface area contributed by atoms with Gasteiger partial charge >= 0.3 is 10.1 Å². The Hall–Kier alpha value is -4.40. The third-order valence-electron chi connectivity index (χ3n) is 5.55. The summed E-state index contributed by atoms with van der Waals surface area (Å²) in [6, 6.07) is 20.6. The Morgan fingerprint density at radius 2 is 1.74 bits per heavy atom. The highest BCUT2D eigenvalue weighted by Crippen LogP contribution is 2.33. The van der Waals surface area contributed by atoms with Crippen molar-refractivity contribution < 1.29 is 12.6 Å². The van der Waals surface area contributed by atoms with Gasteiger partial charge in [0.05, 0.1) is 12.1 Å². The van der Waals surface area contributed by atoms with Crippen LogP contribution in [0.1, 0.15) is 22.5 Å². The van der Waals surface area contributed by atoms with Gasteiger partial charge in [-0.2, -0.15) is 13.7 Å². The lowest BCUT2D eigenvalue weighted by Crippen LogP contribution is -2.11. The smallest absolute Gasteiger partial charge is 0.340 e. The zero-order valence-electron chi connectivity index (χ0n) is 18.6. The number of benzene rings is 2. The second kappa shape index (κ2) is 9.22. The first kappa shape index (κ1) is 22.8. The molecule has 168 valence electrons. The van der Waals surface area contributed by atoms with Crippen molar-refractivity contribution in [1.82, 2.24) is 9.55 Å². The van der Waals surface area contributed by atoms with Crippen molar-refractivity contribution in [3.05, 3.63) is 107 Å². The average molecular weight is 469 g/mol. The Labute approximate surface area is 198 Å². The summed E-state index contributed by atoms with van der Waals surface area (Å²) in [6.45, 7) is 11.4. The molecule has 0 unspecified atom stereocenters. The van der Waals surface area contributed by atoms with E-state index < -0.39 is 10.1 Å². The molecule has 0 bridgehead atoms. The Morgan fingerprint density at radius 3 is 2.32 bits per heavy atom. The molecule has 2 heterocycles. The molecule has 0 radical (unpaired) electrons. The molecule has 0 N–H and O–H groups in total. The molecule has 7 nitrogen and oxygen atoms in total. The highest BCUT2D eigenvalue weighted by atomic mass is 32.2. The molecule has 8 heteroatoms. The summed E-state index contributed by atoms with van der Waals surface area (Å²) in [4.78, 5) is 7.64. The van der Waals surface area contributed by atoms with Crippen LogP contribution in [0, 0.1) is 31.8 Å². The fourth-order valence-corrected chi connectivity index (χ4v) is 4.71. The SMILES string of the molecule is [C-]#[N+]c1ccc(-c2c(C#N)c(C)n(Cc3ccc(OS(=O)(=O)c4ccccc4)nc3)c2C)cc1. The van der Waals surface area contributed by atoms with Crippen molar-refractivity contribution in [2.45, 2.75) is 25.3 Å². The molecule has 2 aromatic carbocycles. The summed E-state index contributed by atoms with van der Waals surface area (Å²) >= 11 is 0. The van der Waals surface area contributed by atoms with E-state index in [-0.39, 0.29) is 10.8 Å². The molecule has 0 spiro atoms. The Morgan fingerprint density at radius 1 is 1.03 bits per heavy atom. The molecule has 0 saturated carbocycles.